The van der Waals surface area contributed by atoms with Gasteiger partial charge in [0.05, 0.1) is 11.0 Å². The molecule has 7 aromatic rings. The van der Waals surface area contributed by atoms with Crippen LogP contribution in [0.3, 0.4) is 0 Å². The third-order valence-electron chi connectivity index (χ3n) is 7.62. The number of aromatic amines is 1. The lowest BCUT2D eigenvalue weighted by Crippen LogP contribution is -2.09. The molecule has 1 N–H and O–H groups in total. The van der Waals surface area contributed by atoms with Crippen LogP contribution in [0.25, 0.3) is 60.4 Å². The van der Waals surface area contributed by atoms with Gasteiger partial charge in [0.25, 0.3) is 0 Å². The normalized spacial score (nSPS) is 13.1. The molecule has 2 nitrogen and oxygen atoms in total. The Morgan fingerprint density at radius 1 is 0.500 bits per heavy atom. The van der Waals surface area contributed by atoms with E-state index in [4.69, 9.17) is 0 Å². The average Bonchev–Trinajstić information content (AvgIpc) is 3.40. The fourth-order valence-electron chi connectivity index (χ4n) is 5.78. The van der Waals surface area contributed by atoms with Crippen molar-refractivity contribution < 1.29 is 0 Å². The number of hydrogen-bond acceptors (Lipinski definition) is 0. The van der Waals surface area contributed by atoms with E-state index < -0.39 is 0 Å². The molecule has 5 aromatic carbocycles. The summed E-state index contributed by atoms with van der Waals surface area (Å²) in [5.74, 6) is 0. The van der Waals surface area contributed by atoms with Gasteiger partial charge in [-0.3, -0.25) is 0 Å². The van der Waals surface area contributed by atoms with E-state index in [9.17, 15) is 0 Å². The molecule has 0 saturated heterocycles. The summed E-state index contributed by atoms with van der Waals surface area (Å²) in [7, 11) is 0. The Hall–Kier alpha value is -4.30. The maximum Gasteiger partial charge on any atom is 0.0541 e. The van der Waals surface area contributed by atoms with Crippen LogP contribution < -0.4 is 0 Å². The highest BCUT2D eigenvalue weighted by Gasteiger charge is 2.17. The Labute approximate surface area is 197 Å². The molecule has 34 heavy (non-hydrogen) atoms. The number of benzene rings is 5. The van der Waals surface area contributed by atoms with Gasteiger partial charge in [-0.1, -0.05) is 54.6 Å². The maximum atomic E-state index is 3.54. The molecule has 2 aromatic heterocycles. The van der Waals surface area contributed by atoms with E-state index in [2.05, 4.69) is 113 Å². The molecule has 160 valence electrons. The predicted octanol–water partition coefficient (Wildman–Crippen LogP) is 8.18. The molecule has 8 rings (SSSR count). The Morgan fingerprint density at radius 2 is 1.21 bits per heavy atom. The first kappa shape index (κ1) is 18.2. The number of rotatable bonds is 2. The number of aromatic nitrogens is 2. The Balaban J connectivity index is 1.36. The van der Waals surface area contributed by atoms with Crippen LogP contribution in [0.4, 0.5) is 0 Å². The fourth-order valence-corrected chi connectivity index (χ4v) is 5.78. The van der Waals surface area contributed by atoms with Crippen molar-refractivity contribution in [2.24, 2.45) is 0 Å². The highest BCUT2D eigenvalue weighted by molar-refractivity contribution is 6.11. The smallest absolute Gasteiger partial charge is 0.0541 e. The van der Waals surface area contributed by atoms with Gasteiger partial charge in [0.1, 0.15) is 0 Å². The maximum absolute atomic E-state index is 3.54. The first-order valence-corrected chi connectivity index (χ1v) is 12.0. The van der Waals surface area contributed by atoms with Gasteiger partial charge >= 0.3 is 0 Å². The lowest BCUT2D eigenvalue weighted by molar-refractivity contribution is 0.836. The largest absolute Gasteiger partial charge is 0.355 e. The van der Waals surface area contributed by atoms with Crippen LogP contribution in [0.5, 0.6) is 0 Å². The topological polar surface area (TPSA) is 20.7 Å². The van der Waals surface area contributed by atoms with E-state index in [1.54, 1.807) is 0 Å². The number of aryl methyl sites for hydroxylation is 2. The predicted molar refractivity (Wildman–Crippen MR) is 143 cm³/mol. The summed E-state index contributed by atoms with van der Waals surface area (Å²) in [6, 6.07) is 38.0. The van der Waals surface area contributed by atoms with Crippen molar-refractivity contribution in [1.82, 2.24) is 9.55 Å². The molecular formula is C32H22N2. The Morgan fingerprint density at radius 3 is 2.06 bits per heavy atom. The summed E-state index contributed by atoms with van der Waals surface area (Å²) in [6.45, 7) is 0. The molecule has 0 aliphatic heterocycles. The van der Waals surface area contributed by atoms with E-state index >= 15 is 0 Å². The van der Waals surface area contributed by atoms with Crippen LogP contribution >= 0.6 is 0 Å². The molecule has 0 amide bonds. The molecule has 0 unspecified atom stereocenters. The van der Waals surface area contributed by atoms with Crippen molar-refractivity contribution in [3.05, 3.63) is 114 Å². The van der Waals surface area contributed by atoms with Crippen LogP contribution in [0.15, 0.2) is 103 Å². The Bertz CT molecular complexity index is 1920. The van der Waals surface area contributed by atoms with Crippen LogP contribution in [0.1, 0.15) is 11.1 Å². The molecule has 0 radical (unpaired) electrons. The quantitative estimate of drug-likeness (QED) is 0.283. The molecule has 2 heterocycles. The second-order valence-corrected chi connectivity index (χ2v) is 9.47. The third-order valence-corrected chi connectivity index (χ3v) is 7.62. The first-order valence-electron chi connectivity index (χ1n) is 12.0. The van der Waals surface area contributed by atoms with E-state index in [-0.39, 0.29) is 0 Å². The van der Waals surface area contributed by atoms with E-state index in [0.29, 0.717) is 0 Å². The average molecular weight is 435 g/mol. The minimum absolute atomic E-state index is 1.18. The molecular weight excluding hydrogens is 412 g/mol. The van der Waals surface area contributed by atoms with Crippen LogP contribution in [-0.2, 0) is 12.8 Å². The van der Waals surface area contributed by atoms with Gasteiger partial charge in [-0.25, -0.2) is 0 Å². The lowest BCUT2D eigenvalue weighted by atomic mass is 9.88. The molecule has 0 spiro atoms. The van der Waals surface area contributed by atoms with Gasteiger partial charge in [-0.15, -0.1) is 0 Å². The number of hydrogen-bond donors (Lipinski definition) is 1. The van der Waals surface area contributed by atoms with E-state index in [0.717, 1.165) is 0 Å². The van der Waals surface area contributed by atoms with E-state index in [1.807, 2.05) is 0 Å². The summed E-state index contributed by atoms with van der Waals surface area (Å²) in [5.41, 5.74) is 11.6. The molecule has 2 heteroatoms. The van der Waals surface area contributed by atoms with Gasteiger partial charge in [0.15, 0.2) is 0 Å². The number of para-hydroxylation sites is 2. The molecule has 1 aliphatic carbocycles. The minimum Gasteiger partial charge on any atom is -0.355 e. The molecule has 1 aliphatic rings. The number of fused-ring (bicyclic) bond motifs is 7. The van der Waals surface area contributed by atoms with Gasteiger partial charge in [0, 0.05) is 38.3 Å². The molecule has 0 saturated carbocycles. The van der Waals surface area contributed by atoms with Crippen molar-refractivity contribution in [2.75, 3.05) is 0 Å². The van der Waals surface area contributed by atoms with Gasteiger partial charge in [-0.2, -0.15) is 0 Å². The summed E-state index contributed by atoms with van der Waals surface area (Å²) in [6.07, 6.45) is 2.41. The number of H-pyrrole nitrogens is 1. The second-order valence-electron chi connectivity index (χ2n) is 9.47. The van der Waals surface area contributed by atoms with Gasteiger partial charge in [-0.05, 0) is 83.6 Å². The summed E-state index contributed by atoms with van der Waals surface area (Å²) < 4.78 is 2.43. The lowest BCUT2D eigenvalue weighted by Gasteiger charge is -2.20. The summed E-state index contributed by atoms with van der Waals surface area (Å²) in [4.78, 5) is 3.54. The molecule has 0 bridgehead atoms. The monoisotopic (exact) mass is 434 g/mol. The first-order chi connectivity index (χ1) is 16.8. The summed E-state index contributed by atoms with van der Waals surface area (Å²) in [5, 5.41) is 5.15. The zero-order valence-electron chi connectivity index (χ0n) is 18.7. The number of nitrogens with zero attached hydrogens (tertiary/aromatic N) is 1. The zero-order chi connectivity index (χ0) is 22.2. The fraction of sp³-hybridized carbons (Fsp3) is 0.0625. The van der Waals surface area contributed by atoms with Crippen molar-refractivity contribution in [2.45, 2.75) is 12.8 Å². The highest BCUT2D eigenvalue weighted by Crippen LogP contribution is 2.37. The molecule has 0 atom stereocenters. The Kier molecular flexibility index (Phi) is 3.53. The van der Waals surface area contributed by atoms with Crippen molar-refractivity contribution in [1.29, 1.82) is 0 Å². The minimum atomic E-state index is 1.18. The van der Waals surface area contributed by atoms with Crippen LogP contribution in [0.2, 0.25) is 0 Å². The van der Waals surface area contributed by atoms with Gasteiger partial charge < -0.3 is 9.55 Å². The van der Waals surface area contributed by atoms with Crippen LogP contribution in [-0.4, -0.2) is 9.55 Å². The standard InChI is InChI=1S/C32H22N2/c1-3-7-29-25(5-1)27-18-22(12-15-30(27)33-29)23-13-16-32-28(19-23)26-6-2-4-8-31(26)34(32)24-14-11-20-9-10-21(20)17-24/h1-8,11-19,33H,9-10H2. The van der Waals surface area contributed by atoms with Crippen molar-refractivity contribution in [3.63, 3.8) is 0 Å². The summed E-state index contributed by atoms with van der Waals surface area (Å²) >= 11 is 0. The van der Waals surface area contributed by atoms with E-state index in [1.165, 1.54) is 84.4 Å². The van der Waals surface area contributed by atoms with Crippen molar-refractivity contribution in [3.8, 4) is 16.8 Å². The SMILES string of the molecule is c1ccc2c(c1)[nH]c1ccc(-c3ccc4c(c3)c3ccccc3n4-c3ccc4c(c3)CC4)cc12. The highest BCUT2D eigenvalue weighted by atomic mass is 15.0. The zero-order valence-corrected chi connectivity index (χ0v) is 18.7. The van der Waals surface area contributed by atoms with Gasteiger partial charge in [0.2, 0.25) is 0 Å². The second kappa shape index (κ2) is 6.61. The molecule has 0 fully saturated rings. The third kappa shape index (κ3) is 2.45. The van der Waals surface area contributed by atoms with Crippen LogP contribution in [0, 0.1) is 0 Å². The number of nitrogens with one attached hydrogen (secondary N) is 1. The van der Waals surface area contributed by atoms with Crippen molar-refractivity contribution >= 4 is 43.6 Å².